The van der Waals surface area contributed by atoms with E-state index in [0.29, 0.717) is 18.8 Å². The number of aromatic nitrogens is 1. The number of likely N-dealkylation sites (N-methyl/N-ethyl adjacent to an activating group) is 1. The van der Waals surface area contributed by atoms with Gasteiger partial charge in [-0.2, -0.15) is 0 Å². The molecule has 0 saturated heterocycles. The van der Waals surface area contributed by atoms with Crippen molar-refractivity contribution in [1.82, 2.24) is 15.2 Å². The number of rotatable bonds is 5. The third-order valence-corrected chi connectivity index (χ3v) is 4.89. The molecule has 0 spiro atoms. The lowest BCUT2D eigenvalue weighted by Crippen LogP contribution is -2.50. The molecule has 1 aromatic heterocycles. The molecule has 1 heterocycles. The number of carbonyl (C=O) groups is 1. The van der Waals surface area contributed by atoms with E-state index in [1.807, 2.05) is 0 Å². The zero-order valence-corrected chi connectivity index (χ0v) is 12.4. The average molecular weight is 282 g/mol. The molecular formula is C13H22N4OS. The van der Waals surface area contributed by atoms with Crippen molar-refractivity contribution >= 4 is 17.2 Å². The fourth-order valence-electron chi connectivity index (χ4n) is 2.66. The van der Waals surface area contributed by atoms with Gasteiger partial charge in [0.05, 0.1) is 0 Å². The molecule has 1 saturated carbocycles. The fourth-order valence-corrected chi connectivity index (χ4v) is 3.31. The van der Waals surface area contributed by atoms with Crippen LogP contribution >= 0.6 is 11.3 Å². The molecular weight excluding hydrogens is 260 g/mol. The molecule has 19 heavy (non-hydrogen) atoms. The van der Waals surface area contributed by atoms with E-state index in [4.69, 9.17) is 5.73 Å². The molecule has 1 aliphatic rings. The molecule has 2 rings (SSSR count). The molecule has 0 radical (unpaired) electrons. The second kappa shape index (κ2) is 5.98. The highest BCUT2D eigenvalue weighted by atomic mass is 32.1. The average Bonchev–Trinajstić information content (AvgIpc) is 3.05. The van der Waals surface area contributed by atoms with Crippen molar-refractivity contribution in [2.24, 2.45) is 5.73 Å². The van der Waals surface area contributed by atoms with Crippen LogP contribution in [0, 0.1) is 0 Å². The van der Waals surface area contributed by atoms with Crippen molar-refractivity contribution < 1.29 is 4.79 Å². The standard InChI is InChI=1S/C13H22N4OS/c1-17(2)13(5-3-4-6-13)9-15-12(18)10-8-19-11(7-14)16-10/h8H,3-7,9,14H2,1-2H3,(H,15,18). The van der Waals surface area contributed by atoms with Gasteiger partial charge in [0, 0.05) is 24.0 Å². The van der Waals surface area contributed by atoms with E-state index in [-0.39, 0.29) is 11.4 Å². The maximum Gasteiger partial charge on any atom is 0.270 e. The molecule has 106 valence electrons. The number of hydrogen-bond donors (Lipinski definition) is 2. The van der Waals surface area contributed by atoms with E-state index < -0.39 is 0 Å². The predicted octanol–water partition coefficient (Wildman–Crippen LogP) is 1.21. The number of hydrogen-bond acceptors (Lipinski definition) is 5. The zero-order chi connectivity index (χ0) is 13.9. The second-order valence-corrected chi connectivity index (χ2v) is 6.28. The van der Waals surface area contributed by atoms with Gasteiger partial charge in [0.1, 0.15) is 10.7 Å². The summed E-state index contributed by atoms with van der Waals surface area (Å²) in [5, 5.41) is 5.59. The molecule has 6 heteroatoms. The minimum Gasteiger partial charge on any atom is -0.349 e. The van der Waals surface area contributed by atoms with Crippen LogP contribution in [0.1, 0.15) is 41.2 Å². The third kappa shape index (κ3) is 3.13. The highest BCUT2D eigenvalue weighted by Gasteiger charge is 2.36. The van der Waals surface area contributed by atoms with Gasteiger partial charge < -0.3 is 16.0 Å². The van der Waals surface area contributed by atoms with Gasteiger partial charge in [0.15, 0.2) is 0 Å². The number of nitrogens with zero attached hydrogens (tertiary/aromatic N) is 2. The molecule has 1 aliphatic carbocycles. The molecule has 0 bridgehead atoms. The van der Waals surface area contributed by atoms with Gasteiger partial charge in [0.25, 0.3) is 5.91 Å². The van der Waals surface area contributed by atoms with Crippen LogP contribution in [0.3, 0.4) is 0 Å². The summed E-state index contributed by atoms with van der Waals surface area (Å²) >= 11 is 1.43. The Bertz CT molecular complexity index is 438. The Morgan fingerprint density at radius 2 is 2.21 bits per heavy atom. The van der Waals surface area contributed by atoms with E-state index in [9.17, 15) is 4.79 Å². The minimum absolute atomic E-state index is 0.0934. The van der Waals surface area contributed by atoms with E-state index in [1.165, 1.54) is 24.2 Å². The molecule has 1 fully saturated rings. The maximum absolute atomic E-state index is 12.1. The third-order valence-electron chi connectivity index (χ3n) is 4.02. The lowest BCUT2D eigenvalue weighted by Gasteiger charge is -2.36. The summed E-state index contributed by atoms with van der Waals surface area (Å²) in [4.78, 5) is 18.5. The number of amides is 1. The fraction of sp³-hybridized carbons (Fsp3) is 0.692. The van der Waals surface area contributed by atoms with Crippen molar-refractivity contribution in [2.75, 3.05) is 20.6 Å². The number of thiazole rings is 1. The van der Waals surface area contributed by atoms with Crippen molar-refractivity contribution in [2.45, 2.75) is 37.8 Å². The highest BCUT2D eigenvalue weighted by molar-refractivity contribution is 7.09. The zero-order valence-electron chi connectivity index (χ0n) is 11.6. The van der Waals surface area contributed by atoms with Gasteiger partial charge in [-0.25, -0.2) is 4.98 Å². The van der Waals surface area contributed by atoms with Crippen molar-refractivity contribution in [3.63, 3.8) is 0 Å². The van der Waals surface area contributed by atoms with Gasteiger partial charge in [-0.1, -0.05) is 12.8 Å². The SMILES string of the molecule is CN(C)C1(CNC(=O)c2csc(CN)n2)CCCC1. The molecule has 0 aliphatic heterocycles. The Kier molecular flexibility index (Phi) is 4.54. The van der Waals surface area contributed by atoms with Crippen molar-refractivity contribution in [1.29, 1.82) is 0 Å². The van der Waals surface area contributed by atoms with Crippen LogP contribution in [-0.2, 0) is 6.54 Å². The first-order valence-corrected chi connectivity index (χ1v) is 7.55. The lowest BCUT2D eigenvalue weighted by molar-refractivity contribution is 0.0895. The van der Waals surface area contributed by atoms with Crippen molar-refractivity contribution in [3.8, 4) is 0 Å². The smallest absolute Gasteiger partial charge is 0.270 e. The molecule has 5 nitrogen and oxygen atoms in total. The molecule has 3 N–H and O–H groups in total. The highest BCUT2D eigenvalue weighted by Crippen LogP contribution is 2.33. The van der Waals surface area contributed by atoms with Crippen LogP contribution < -0.4 is 11.1 Å². The molecule has 1 amide bonds. The molecule has 0 unspecified atom stereocenters. The normalized spacial score (nSPS) is 17.9. The van der Waals surface area contributed by atoms with Gasteiger partial charge in [-0.05, 0) is 26.9 Å². The van der Waals surface area contributed by atoms with E-state index in [0.717, 1.165) is 17.8 Å². The Labute approximate surface area is 118 Å². The van der Waals surface area contributed by atoms with Gasteiger partial charge in [-0.15, -0.1) is 11.3 Å². The number of nitrogens with one attached hydrogen (secondary N) is 1. The Hall–Kier alpha value is -0.980. The number of nitrogens with two attached hydrogens (primary N) is 1. The molecule has 0 aromatic carbocycles. The van der Waals surface area contributed by atoms with Crippen LogP contribution in [0.5, 0.6) is 0 Å². The summed E-state index contributed by atoms with van der Waals surface area (Å²) in [7, 11) is 4.18. The molecule has 0 atom stereocenters. The van der Waals surface area contributed by atoms with Gasteiger partial charge in [0.2, 0.25) is 0 Å². The topological polar surface area (TPSA) is 71.2 Å². The Morgan fingerprint density at radius 1 is 1.53 bits per heavy atom. The van der Waals surface area contributed by atoms with Crippen LogP contribution in [0.15, 0.2) is 5.38 Å². The quantitative estimate of drug-likeness (QED) is 0.851. The first-order valence-electron chi connectivity index (χ1n) is 6.67. The predicted molar refractivity (Wildman–Crippen MR) is 77.2 cm³/mol. The largest absolute Gasteiger partial charge is 0.349 e. The van der Waals surface area contributed by atoms with Crippen LogP contribution in [0.2, 0.25) is 0 Å². The lowest BCUT2D eigenvalue weighted by atomic mass is 9.96. The monoisotopic (exact) mass is 282 g/mol. The first-order chi connectivity index (χ1) is 9.07. The molecule has 1 aromatic rings. The Morgan fingerprint density at radius 3 is 2.74 bits per heavy atom. The minimum atomic E-state index is -0.0934. The summed E-state index contributed by atoms with van der Waals surface area (Å²) < 4.78 is 0. The summed E-state index contributed by atoms with van der Waals surface area (Å²) in [5.74, 6) is -0.0934. The Balaban J connectivity index is 1.95. The van der Waals surface area contributed by atoms with Crippen LogP contribution in [0.25, 0.3) is 0 Å². The van der Waals surface area contributed by atoms with Crippen LogP contribution in [-0.4, -0.2) is 42.0 Å². The van der Waals surface area contributed by atoms with Gasteiger partial charge >= 0.3 is 0 Å². The van der Waals surface area contributed by atoms with E-state index >= 15 is 0 Å². The summed E-state index contributed by atoms with van der Waals surface area (Å²) in [6, 6.07) is 0. The second-order valence-electron chi connectivity index (χ2n) is 5.34. The number of carbonyl (C=O) groups excluding carboxylic acids is 1. The summed E-state index contributed by atoms with van der Waals surface area (Å²) in [5.41, 5.74) is 6.10. The van der Waals surface area contributed by atoms with Crippen LogP contribution in [0.4, 0.5) is 0 Å². The van der Waals surface area contributed by atoms with E-state index in [1.54, 1.807) is 5.38 Å². The summed E-state index contributed by atoms with van der Waals surface area (Å²) in [6.45, 7) is 1.08. The first kappa shape index (κ1) is 14.4. The van der Waals surface area contributed by atoms with Crippen molar-refractivity contribution in [3.05, 3.63) is 16.1 Å². The van der Waals surface area contributed by atoms with Gasteiger partial charge in [-0.3, -0.25) is 4.79 Å². The maximum atomic E-state index is 12.1. The summed E-state index contributed by atoms with van der Waals surface area (Å²) in [6.07, 6.45) is 4.76. The van der Waals surface area contributed by atoms with E-state index in [2.05, 4.69) is 29.3 Å².